The molecule has 38 heavy (non-hydrogen) atoms. The number of hydrazone groups is 1. The van der Waals surface area contributed by atoms with Crippen molar-refractivity contribution in [2.45, 2.75) is 58.1 Å². The maximum absolute atomic E-state index is 12.5. The van der Waals surface area contributed by atoms with Gasteiger partial charge in [-0.05, 0) is 87.8 Å². The van der Waals surface area contributed by atoms with Crippen molar-refractivity contribution in [2.75, 3.05) is 36.1 Å². The van der Waals surface area contributed by atoms with E-state index in [1.165, 1.54) is 5.56 Å². The van der Waals surface area contributed by atoms with Gasteiger partial charge in [-0.3, -0.25) is 0 Å². The van der Waals surface area contributed by atoms with Crippen LogP contribution in [0.15, 0.2) is 47.7 Å². The summed E-state index contributed by atoms with van der Waals surface area (Å²) in [4.78, 5) is 21.2. The molecule has 9 nitrogen and oxygen atoms in total. The number of benzene rings is 1. The Labute approximate surface area is 229 Å². The SMILES string of the molecule is CC(C)(C)OC(=O)N1CC(C2CC3=NNN(C4CCN(c5ccccn5)CC4)N3c3ccc(Cl)cc3C2)C1. The summed E-state index contributed by atoms with van der Waals surface area (Å²) in [5.41, 5.74) is 5.23. The lowest BCUT2D eigenvalue weighted by Crippen LogP contribution is -2.56. The van der Waals surface area contributed by atoms with E-state index in [2.05, 4.69) is 43.7 Å². The Morgan fingerprint density at radius 1 is 1.08 bits per heavy atom. The molecule has 1 amide bonds. The second-order valence-electron chi connectivity index (χ2n) is 11.8. The van der Waals surface area contributed by atoms with Gasteiger partial charge >= 0.3 is 6.09 Å². The van der Waals surface area contributed by atoms with Crippen LogP contribution in [0.3, 0.4) is 0 Å². The van der Waals surface area contributed by atoms with Gasteiger partial charge in [0.05, 0.1) is 11.7 Å². The first-order chi connectivity index (χ1) is 18.2. The number of ether oxygens (including phenoxy) is 1. The highest BCUT2D eigenvalue weighted by Gasteiger charge is 2.44. The van der Waals surface area contributed by atoms with E-state index in [1.54, 1.807) is 0 Å². The third-order valence-electron chi connectivity index (χ3n) is 7.95. The summed E-state index contributed by atoms with van der Waals surface area (Å²) < 4.78 is 5.57. The second kappa shape index (κ2) is 9.93. The molecule has 2 saturated heterocycles. The van der Waals surface area contributed by atoms with Crippen molar-refractivity contribution in [3.8, 4) is 0 Å². The lowest BCUT2D eigenvalue weighted by Gasteiger charge is -2.43. The molecule has 5 heterocycles. The van der Waals surface area contributed by atoms with Gasteiger partial charge in [-0.2, -0.15) is 0 Å². The molecule has 1 unspecified atom stereocenters. The van der Waals surface area contributed by atoms with E-state index in [-0.39, 0.29) is 6.09 Å². The van der Waals surface area contributed by atoms with E-state index in [9.17, 15) is 4.79 Å². The standard InChI is InChI=1S/C28H36ClN7O2/c1-28(2,3)38-27(37)34-17-21(18-34)19-14-20-15-22(29)7-8-24(20)35-26(16-19)31-32-36(35)23-9-12-33(13-10-23)25-6-4-5-11-30-25/h4-8,11,15,19,21,23,32H,9-10,12-14,16-18H2,1-3H3. The van der Waals surface area contributed by atoms with Crippen LogP contribution >= 0.6 is 11.6 Å². The molecule has 4 aliphatic rings. The normalized spacial score (nSPS) is 22.7. The molecule has 1 N–H and O–H groups in total. The number of hydrogen-bond acceptors (Lipinski definition) is 8. The molecule has 0 saturated carbocycles. The minimum Gasteiger partial charge on any atom is -0.444 e. The van der Waals surface area contributed by atoms with Crippen molar-refractivity contribution in [3.05, 3.63) is 53.2 Å². The first kappa shape index (κ1) is 25.2. The number of carbonyl (C=O) groups is 1. The molecule has 1 atom stereocenters. The number of nitrogens with one attached hydrogen (secondary N) is 1. The fraction of sp³-hybridized carbons (Fsp3) is 0.536. The van der Waals surface area contributed by atoms with Crippen molar-refractivity contribution in [1.29, 1.82) is 0 Å². The van der Waals surface area contributed by atoms with Crippen LogP contribution in [0.2, 0.25) is 5.02 Å². The van der Waals surface area contributed by atoms with Gasteiger partial charge in [0.2, 0.25) is 0 Å². The summed E-state index contributed by atoms with van der Waals surface area (Å²) in [5.74, 6) is 2.82. The van der Waals surface area contributed by atoms with Gasteiger partial charge in [-0.15, -0.1) is 10.2 Å². The van der Waals surface area contributed by atoms with E-state index in [0.717, 1.165) is 61.1 Å². The number of hydrogen-bond donors (Lipinski definition) is 1. The van der Waals surface area contributed by atoms with Crippen LogP contribution in [-0.2, 0) is 11.2 Å². The molecular weight excluding hydrogens is 502 g/mol. The monoisotopic (exact) mass is 537 g/mol. The molecule has 202 valence electrons. The number of amides is 1. The fourth-order valence-corrected chi connectivity index (χ4v) is 6.17. The number of rotatable bonds is 3. The summed E-state index contributed by atoms with van der Waals surface area (Å²) in [6, 6.07) is 12.6. The van der Waals surface area contributed by atoms with E-state index in [1.807, 2.05) is 50.1 Å². The van der Waals surface area contributed by atoms with Crippen molar-refractivity contribution in [1.82, 2.24) is 20.5 Å². The van der Waals surface area contributed by atoms with Crippen molar-refractivity contribution in [2.24, 2.45) is 16.9 Å². The summed E-state index contributed by atoms with van der Waals surface area (Å²) in [6.45, 7) is 9.04. The predicted octanol–water partition coefficient (Wildman–Crippen LogP) is 4.69. The topological polar surface area (TPSA) is 76.5 Å². The number of carbonyl (C=O) groups excluding carboxylic acids is 1. The van der Waals surface area contributed by atoms with Gasteiger partial charge < -0.3 is 14.5 Å². The Morgan fingerprint density at radius 3 is 2.58 bits per heavy atom. The average molecular weight is 538 g/mol. The van der Waals surface area contributed by atoms with Gasteiger partial charge in [0, 0.05) is 43.8 Å². The first-order valence-corrected chi connectivity index (χ1v) is 14.0. The molecule has 4 aliphatic heterocycles. The maximum atomic E-state index is 12.5. The number of pyridine rings is 1. The first-order valence-electron chi connectivity index (χ1n) is 13.6. The van der Waals surface area contributed by atoms with Crippen LogP contribution in [0.25, 0.3) is 0 Å². The molecular formula is C28H36ClN7O2. The second-order valence-corrected chi connectivity index (χ2v) is 12.2. The van der Waals surface area contributed by atoms with Gasteiger partial charge in [0.1, 0.15) is 17.3 Å². The van der Waals surface area contributed by atoms with E-state index >= 15 is 0 Å². The number of likely N-dealkylation sites (tertiary alicyclic amines) is 1. The molecule has 0 spiro atoms. The Balaban J connectivity index is 1.16. The number of anilines is 2. The van der Waals surface area contributed by atoms with Crippen molar-refractivity contribution < 1.29 is 9.53 Å². The van der Waals surface area contributed by atoms with Gasteiger partial charge in [-0.25, -0.2) is 20.3 Å². The maximum Gasteiger partial charge on any atom is 0.410 e. The number of fused-ring (bicyclic) bond motifs is 3. The summed E-state index contributed by atoms with van der Waals surface area (Å²) >= 11 is 6.47. The van der Waals surface area contributed by atoms with Crippen molar-refractivity contribution in [3.63, 3.8) is 0 Å². The summed E-state index contributed by atoms with van der Waals surface area (Å²) in [5, 5.41) is 10.1. The largest absolute Gasteiger partial charge is 0.444 e. The minimum absolute atomic E-state index is 0.226. The molecule has 2 aromatic rings. The van der Waals surface area contributed by atoms with Crippen LogP contribution in [0.1, 0.15) is 45.6 Å². The summed E-state index contributed by atoms with van der Waals surface area (Å²) in [7, 11) is 0. The molecule has 10 heteroatoms. The molecule has 1 aromatic carbocycles. The fourth-order valence-electron chi connectivity index (χ4n) is 5.97. The van der Waals surface area contributed by atoms with E-state index in [4.69, 9.17) is 21.4 Å². The lowest BCUT2D eigenvalue weighted by molar-refractivity contribution is -0.0102. The van der Waals surface area contributed by atoms with Crippen LogP contribution in [0, 0.1) is 11.8 Å². The zero-order valence-corrected chi connectivity index (χ0v) is 23.1. The molecule has 1 aromatic heterocycles. The average Bonchev–Trinajstić information content (AvgIpc) is 3.19. The molecule has 0 aliphatic carbocycles. The third-order valence-corrected chi connectivity index (χ3v) is 8.18. The van der Waals surface area contributed by atoms with Gasteiger partial charge in [-0.1, -0.05) is 17.7 Å². The number of aromatic nitrogens is 1. The highest BCUT2D eigenvalue weighted by Crippen LogP contribution is 2.40. The van der Waals surface area contributed by atoms with Crippen LogP contribution in [0.4, 0.5) is 16.3 Å². The lowest BCUT2D eigenvalue weighted by atomic mass is 9.80. The minimum atomic E-state index is -0.484. The Hall–Kier alpha value is -3.04. The zero-order valence-electron chi connectivity index (χ0n) is 22.3. The quantitative estimate of drug-likeness (QED) is 0.608. The highest BCUT2D eigenvalue weighted by atomic mass is 35.5. The number of halogens is 1. The van der Waals surface area contributed by atoms with Gasteiger partial charge in [0.25, 0.3) is 0 Å². The molecule has 6 rings (SSSR count). The number of hydrazine groups is 2. The van der Waals surface area contributed by atoms with E-state index in [0.29, 0.717) is 31.0 Å². The van der Waals surface area contributed by atoms with Gasteiger partial charge in [0.15, 0.2) is 0 Å². The smallest absolute Gasteiger partial charge is 0.410 e. The third kappa shape index (κ3) is 5.01. The number of amidine groups is 1. The van der Waals surface area contributed by atoms with Crippen LogP contribution in [-0.4, -0.2) is 64.8 Å². The zero-order chi connectivity index (χ0) is 26.4. The molecule has 0 bridgehead atoms. The Kier molecular flexibility index (Phi) is 6.60. The van der Waals surface area contributed by atoms with E-state index < -0.39 is 5.60 Å². The number of piperidine rings is 1. The summed E-state index contributed by atoms with van der Waals surface area (Å²) in [6.07, 6.45) is 5.38. The molecule has 0 radical (unpaired) electrons. The Bertz CT molecular complexity index is 1200. The Morgan fingerprint density at radius 2 is 1.87 bits per heavy atom. The molecule has 2 fully saturated rings. The predicted molar refractivity (Wildman–Crippen MR) is 149 cm³/mol. The highest BCUT2D eigenvalue weighted by molar-refractivity contribution is 6.30. The van der Waals surface area contributed by atoms with Crippen molar-refractivity contribution >= 4 is 35.0 Å². The number of nitrogens with zero attached hydrogens (tertiary/aromatic N) is 6. The van der Waals surface area contributed by atoms with Crippen LogP contribution in [0.5, 0.6) is 0 Å². The van der Waals surface area contributed by atoms with Crippen LogP contribution < -0.4 is 15.4 Å².